The number of piperazine rings is 1. The van der Waals surface area contributed by atoms with Crippen LogP contribution in [-0.4, -0.2) is 61.4 Å². The smallest absolute Gasteiger partial charge is 0.348 e. The van der Waals surface area contributed by atoms with Crippen molar-refractivity contribution in [2.75, 3.05) is 37.7 Å². The SMILES string of the molecule is CCOC(=O)c1sc2nc(C)nc(N3CCN(S(=O)(=O)c4c(F)cccc4F)CC3)c2c1C. The van der Waals surface area contributed by atoms with E-state index >= 15 is 0 Å². The zero-order valence-corrected chi connectivity index (χ0v) is 19.9. The Labute approximate surface area is 193 Å². The van der Waals surface area contributed by atoms with Crippen LogP contribution in [0.2, 0.25) is 0 Å². The van der Waals surface area contributed by atoms with Crippen LogP contribution in [0.3, 0.4) is 0 Å². The Morgan fingerprint density at radius 2 is 1.76 bits per heavy atom. The lowest BCUT2D eigenvalue weighted by molar-refractivity contribution is 0.0531. The predicted octanol–water partition coefficient (Wildman–Crippen LogP) is 3.27. The van der Waals surface area contributed by atoms with Crippen molar-refractivity contribution in [2.24, 2.45) is 0 Å². The summed E-state index contributed by atoms with van der Waals surface area (Å²) in [5.41, 5.74) is 0.701. The van der Waals surface area contributed by atoms with Crippen LogP contribution < -0.4 is 4.90 Å². The molecule has 8 nitrogen and oxygen atoms in total. The molecule has 3 heterocycles. The normalized spacial score (nSPS) is 15.2. The van der Waals surface area contributed by atoms with E-state index in [0.717, 1.165) is 22.5 Å². The third-order valence-electron chi connectivity index (χ3n) is 5.40. The summed E-state index contributed by atoms with van der Waals surface area (Å²) < 4.78 is 60.2. The van der Waals surface area contributed by atoms with Crippen LogP contribution in [0.25, 0.3) is 10.2 Å². The average molecular weight is 497 g/mol. The van der Waals surface area contributed by atoms with E-state index in [-0.39, 0.29) is 32.8 Å². The Hall–Kier alpha value is -2.70. The van der Waals surface area contributed by atoms with Crippen LogP contribution in [0.1, 0.15) is 28.0 Å². The van der Waals surface area contributed by atoms with Crippen molar-refractivity contribution in [2.45, 2.75) is 25.7 Å². The number of aryl methyl sites for hydroxylation is 2. The molecule has 0 N–H and O–H groups in total. The van der Waals surface area contributed by atoms with E-state index in [9.17, 15) is 22.0 Å². The van der Waals surface area contributed by atoms with Crippen LogP contribution >= 0.6 is 11.3 Å². The molecule has 1 aliphatic heterocycles. The number of aromatic nitrogens is 2. The van der Waals surface area contributed by atoms with Crippen molar-refractivity contribution in [1.29, 1.82) is 0 Å². The van der Waals surface area contributed by atoms with E-state index < -0.39 is 32.5 Å². The number of anilines is 1. The van der Waals surface area contributed by atoms with Gasteiger partial charge >= 0.3 is 5.97 Å². The van der Waals surface area contributed by atoms with Crippen LogP contribution in [0.4, 0.5) is 14.6 Å². The molecule has 12 heteroatoms. The van der Waals surface area contributed by atoms with Crippen LogP contribution in [-0.2, 0) is 14.8 Å². The van der Waals surface area contributed by atoms with Gasteiger partial charge in [-0.05, 0) is 38.5 Å². The first kappa shape index (κ1) is 23.5. The quantitative estimate of drug-likeness (QED) is 0.501. The van der Waals surface area contributed by atoms with Gasteiger partial charge in [0, 0.05) is 26.2 Å². The van der Waals surface area contributed by atoms with E-state index in [1.165, 1.54) is 11.3 Å². The van der Waals surface area contributed by atoms with Crippen molar-refractivity contribution < 1.29 is 26.7 Å². The summed E-state index contributed by atoms with van der Waals surface area (Å²) in [5.74, 6) is -1.56. The molecule has 1 saturated heterocycles. The number of sulfonamides is 1. The van der Waals surface area contributed by atoms with Gasteiger partial charge in [-0.25, -0.2) is 32.0 Å². The highest BCUT2D eigenvalue weighted by molar-refractivity contribution is 7.89. The van der Waals surface area contributed by atoms with Gasteiger partial charge in [-0.1, -0.05) is 6.07 Å². The molecule has 1 fully saturated rings. The van der Waals surface area contributed by atoms with E-state index in [1.54, 1.807) is 20.8 Å². The number of fused-ring (bicyclic) bond motifs is 1. The summed E-state index contributed by atoms with van der Waals surface area (Å²) in [6, 6.07) is 2.97. The Morgan fingerprint density at radius 1 is 1.12 bits per heavy atom. The second kappa shape index (κ2) is 8.92. The molecular formula is C21H22F2N4O4S2. The van der Waals surface area contributed by atoms with Crippen molar-refractivity contribution >= 4 is 43.4 Å². The molecule has 0 radical (unpaired) electrons. The number of ether oxygens (including phenoxy) is 1. The minimum atomic E-state index is -4.34. The highest BCUT2D eigenvalue weighted by Crippen LogP contribution is 2.36. The lowest BCUT2D eigenvalue weighted by Gasteiger charge is -2.35. The Morgan fingerprint density at radius 3 is 2.36 bits per heavy atom. The molecule has 4 rings (SSSR count). The number of rotatable bonds is 5. The average Bonchev–Trinajstić information content (AvgIpc) is 3.09. The Kier molecular flexibility index (Phi) is 6.34. The van der Waals surface area contributed by atoms with Gasteiger partial charge in [0.1, 0.15) is 33.0 Å². The number of carbonyl (C=O) groups excluding carboxylic acids is 1. The first-order valence-electron chi connectivity index (χ1n) is 10.3. The van der Waals surface area contributed by atoms with Crippen LogP contribution in [0, 0.1) is 25.5 Å². The number of benzene rings is 1. The monoisotopic (exact) mass is 496 g/mol. The molecule has 0 spiro atoms. The lowest BCUT2D eigenvalue weighted by atomic mass is 10.2. The fraction of sp³-hybridized carbons (Fsp3) is 0.381. The summed E-state index contributed by atoms with van der Waals surface area (Å²) in [4.78, 5) is 23.4. The number of thiophene rings is 1. The lowest BCUT2D eigenvalue weighted by Crippen LogP contribution is -2.49. The maximum absolute atomic E-state index is 14.1. The molecule has 2 aromatic heterocycles. The summed E-state index contributed by atoms with van der Waals surface area (Å²) in [6.45, 7) is 6.08. The van der Waals surface area contributed by atoms with E-state index in [0.29, 0.717) is 32.3 Å². The number of nitrogens with zero attached hydrogens (tertiary/aromatic N) is 4. The molecular weight excluding hydrogens is 474 g/mol. The summed E-state index contributed by atoms with van der Waals surface area (Å²) >= 11 is 1.23. The Balaban J connectivity index is 1.64. The molecule has 1 aromatic carbocycles. The number of hydrogen-bond donors (Lipinski definition) is 0. The van der Waals surface area contributed by atoms with Gasteiger partial charge in [0.15, 0.2) is 4.90 Å². The predicted molar refractivity (Wildman–Crippen MR) is 120 cm³/mol. The first-order valence-corrected chi connectivity index (χ1v) is 12.5. The number of halogens is 2. The number of hydrogen-bond acceptors (Lipinski definition) is 8. The maximum Gasteiger partial charge on any atom is 0.348 e. The highest BCUT2D eigenvalue weighted by atomic mass is 32.2. The van der Waals surface area contributed by atoms with E-state index in [1.807, 2.05) is 4.90 Å². The minimum absolute atomic E-state index is 0.0224. The van der Waals surface area contributed by atoms with Gasteiger partial charge in [-0.3, -0.25) is 0 Å². The summed E-state index contributed by atoms with van der Waals surface area (Å²) in [5, 5.41) is 0.713. The number of carbonyl (C=O) groups is 1. The molecule has 176 valence electrons. The summed E-state index contributed by atoms with van der Waals surface area (Å²) in [7, 11) is -4.34. The zero-order valence-electron chi connectivity index (χ0n) is 18.3. The molecule has 0 unspecified atom stereocenters. The van der Waals surface area contributed by atoms with Gasteiger partial charge in [0.05, 0.1) is 12.0 Å². The largest absolute Gasteiger partial charge is 0.462 e. The second-order valence-corrected chi connectivity index (χ2v) is 10.4. The molecule has 0 aliphatic carbocycles. The van der Waals surface area contributed by atoms with Gasteiger partial charge < -0.3 is 9.64 Å². The molecule has 0 amide bonds. The van der Waals surface area contributed by atoms with Gasteiger partial charge in [-0.2, -0.15) is 4.31 Å². The molecule has 0 atom stereocenters. The fourth-order valence-corrected chi connectivity index (χ4v) is 6.49. The fourth-order valence-electron chi connectivity index (χ4n) is 3.84. The van der Waals surface area contributed by atoms with Crippen molar-refractivity contribution in [3.8, 4) is 0 Å². The second-order valence-electron chi connectivity index (χ2n) is 7.49. The first-order chi connectivity index (χ1) is 15.6. The summed E-state index contributed by atoms with van der Waals surface area (Å²) in [6.07, 6.45) is 0. The maximum atomic E-state index is 14.1. The molecule has 0 bridgehead atoms. The Bertz CT molecular complexity index is 1320. The molecule has 1 aliphatic rings. The van der Waals surface area contributed by atoms with Crippen LogP contribution in [0.5, 0.6) is 0 Å². The third kappa shape index (κ3) is 4.18. The highest BCUT2D eigenvalue weighted by Gasteiger charge is 2.34. The van der Waals surface area contributed by atoms with Gasteiger partial charge in [0.2, 0.25) is 10.0 Å². The standard InChI is InChI=1S/C21H22F2N4O4S2/c1-4-31-21(28)17-12(2)16-19(24-13(3)25-20(16)32-17)26-8-10-27(11-9-26)33(29,30)18-14(22)6-5-7-15(18)23/h5-7H,4,8-11H2,1-3H3. The zero-order chi connectivity index (χ0) is 23.9. The third-order valence-corrected chi connectivity index (χ3v) is 8.52. The van der Waals surface area contributed by atoms with E-state index in [2.05, 4.69) is 9.97 Å². The van der Waals surface area contributed by atoms with Crippen molar-refractivity contribution in [1.82, 2.24) is 14.3 Å². The van der Waals surface area contributed by atoms with Gasteiger partial charge in [-0.15, -0.1) is 11.3 Å². The molecule has 0 saturated carbocycles. The number of esters is 1. The van der Waals surface area contributed by atoms with Crippen molar-refractivity contribution in [3.05, 3.63) is 46.1 Å². The van der Waals surface area contributed by atoms with E-state index in [4.69, 9.17) is 4.74 Å². The minimum Gasteiger partial charge on any atom is -0.462 e. The van der Waals surface area contributed by atoms with Gasteiger partial charge in [0.25, 0.3) is 0 Å². The topological polar surface area (TPSA) is 92.7 Å². The molecule has 33 heavy (non-hydrogen) atoms. The molecule has 3 aromatic rings. The van der Waals surface area contributed by atoms with Crippen LogP contribution in [0.15, 0.2) is 23.1 Å². The van der Waals surface area contributed by atoms with Crippen molar-refractivity contribution in [3.63, 3.8) is 0 Å².